The minimum absolute atomic E-state index is 0.276. The Balaban J connectivity index is 1.64. The Kier molecular flexibility index (Phi) is 5.69. The average molecular weight is 349 g/mol. The molecule has 2 aromatic carbocycles. The SMILES string of the molecule is CCN(CCCNc1cc(C(=O)O)c2ccccc2n1)c1ccccc1. The summed E-state index contributed by atoms with van der Waals surface area (Å²) < 4.78 is 0. The molecule has 0 spiro atoms. The lowest BCUT2D eigenvalue weighted by molar-refractivity contribution is 0.0699. The zero-order chi connectivity index (χ0) is 18.4. The van der Waals surface area contributed by atoms with E-state index in [0.717, 1.165) is 26.1 Å². The van der Waals surface area contributed by atoms with Gasteiger partial charge in [-0.15, -0.1) is 0 Å². The number of fused-ring (bicyclic) bond motifs is 1. The summed E-state index contributed by atoms with van der Waals surface area (Å²) in [5, 5.41) is 13.4. The van der Waals surface area contributed by atoms with Crippen molar-refractivity contribution in [2.75, 3.05) is 29.9 Å². The van der Waals surface area contributed by atoms with E-state index in [1.54, 1.807) is 12.1 Å². The molecule has 134 valence electrons. The Hall–Kier alpha value is -3.08. The van der Waals surface area contributed by atoms with Crippen LogP contribution in [0.4, 0.5) is 11.5 Å². The molecule has 0 atom stereocenters. The molecule has 0 aliphatic carbocycles. The number of aromatic nitrogens is 1. The van der Waals surface area contributed by atoms with E-state index in [-0.39, 0.29) is 5.56 Å². The Morgan fingerprint density at radius 2 is 1.85 bits per heavy atom. The number of pyridine rings is 1. The molecule has 0 fully saturated rings. The van der Waals surface area contributed by atoms with E-state index in [4.69, 9.17) is 0 Å². The minimum atomic E-state index is -0.937. The van der Waals surface area contributed by atoms with Crippen molar-refractivity contribution in [1.29, 1.82) is 0 Å². The molecule has 0 aliphatic heterocycles. The number of rotatable bonds is 8. The predicted octanol–water partition coefficient (Wildman–Crippen LogP) is 4.26. The molecule has 0 saturated carbocycles. The number of carboxylic acids is 1. The van der Waals surface area contributed by atoms with Crippen LogP contribution < -0.4 is 10.2 Å². The van der Waals surface area contributed by atoms with Crippen LogP contribution in [0, 0.1) is 0 Å². The second-order valence-electron chi connectivity index (χ2n) is 6.07. The van der Waals surface area contributed by atoms with Crippen LogP contribution in [0.5, 0.6) is 0 Å². The van der Waals surface area contributed by atoms with E-state index < -0.39 is 5.97 Å². The number of benzene rings is 2. The van der Waals surface area contributed by atoms with E-state index in [2.05, 4.69) is 34.3 Å². The average Bonchev–Trinajstić information content (AvgIpc) is 2.68. The summed E-state index contributed by atoms with van der Waals surface area (Å²) in [6.45, 7) is 4.74. The zero-order valence-corrected chi connectivity index (χ0v) is 14.9. The van der Waals surface area contributed by atoms with E-state index in [9.17, 15) is 9.90 Å². The van der Waals surface area contributed by atoms with Crippen molar-refractivity contribution < 1.29 is 9.90 Å². The fourth-order valence-electron chi connectivity index (χ4n) is 3.04. The maximum Gasteiger partial charge on any atom is 0.336 e. The smallest absolute Gasteiger partial charge is 0.336 e. The number of anilines is 2. The van der Waals surface area contributed by atoms with Crippen LogP contribution in [-0.2, 0) is 0 Å². The van der Waals surface area contributed by atoms with Crippen molar-refractivity contribution >= 4 is 28.4 Å². The summed E-state index contributed by atoms with van der Waals surface area (Å²) in [5.41, 5.74) is 2.18. The van der Waals surface area contributed by atoms with Crippen molar-refractivity contribution in [3.8, 4) is 0 Å². The van der Waals surface area contributed by atoms with Gasteiger partial charge < -0.3 is 15.3 Å². The lowest BCUT2D eigenvalue weighted by Gasteiger charge is -2.23. The van der Waals surface area contributed by atoms with Gasteiger partial charge in [0.2, 0.25) is 0 Å². The highest BCUT2D eigenvalue weighted by Gasteiger charge is 2.11. The summed E-state index contributed by atoms with van der Waals surface area (Å²) in [4.78, 5) is 18.4. The minimum Gasteiger partial charge on any atom is -0.478 e. The van der Waals surface area contributed by atoms with Crippen LogP contribution in [0.25, 0.3) is 10.9 Å². The van der Waals surface area contributed by atoms with Gasteiger partial charge in [0.25, 0.3) is 0 Å². The molecule has 0 unspecified atom stereocenters. The second kappa shape index (κ2) is 8.34. The maximum atomic E-state index is 11.5. The molecule has 0 radical (unpaired) electrons. The highest BCUT2D eigenvalue weighted by atomic mass is 16.4. The molecule has 0 saturated heterocycles. The number of para-hydroxylation sites is 2. The molecule has 3 rings (SSSR count). The first-order valence-electron chi connectivity index (χ1n) is 8.86. The number of nitrogens with one attached hydrogen (secondary N) is 1. The molecule has 1 aromatic heterocycles. The van der Waals surface area contributed by atoms with Gasteiger partial charge in [0.05, 0.1) is 11.1 Å². The predicted molar refractivity (Wildman–Crippen MR) is 106 cm³/mol. The summed E-state index contributed by atoms with van der Waals surface area (Å²) in [7, 11) is 0. The Morgan fingerprint density at radius 1 is 1.12 bits per heavy atom. The van der Waals surface area contributed by atoms with Gasteiger partial charge in [0.1, 0.15) is 5.82 Å². The zero-order valence-electron chi connectivity index (χ0n) is 14.9. The lowest BCUT2D eigenvalue weighted by Crippen LogP contribution is -2.25. The highest BCUT2D eigenvalue weighted by Crippen LogP contribution is 2.21. The Morgan fingerprint density at radius 3 is 2.58 bits per heavy atom. The number of nitrogens with zero attached hydrogens (tertiary/aromatic N) is 2. The molecule has 0 bridgehead atoms. The van der Waals surface area contributed by atoms with E-state index in [0.29, 0.717) is 16.7 Å². The van der Waals surface area contributed by atoms with Crippen LogP contribution in [-0.4, -0.2) is 35.7 Å². The largest absolute Gasteiger partial charge is 0.478 e. The third-order valence-electron chi connectivity index (χ3n) is 4.36. The van der Waals surface area contributed by atoms with Gasteiger partial charge in [-0.1, -0.05) is 36.4 Å². The van der Waals surface area contributed by atoms with Gasteiger partial charge in [0.15, 0.2) is 0 Å². The van der Waals surface area contributed by atoms with Gasteiger partial charge in [-0.25, -0.2) is 9.78 Å². The van der Waals surface area contributed by atoms with Gasteiger partial charge in [-0.05, 0) is 37.6 Å². The van der Waals surface area contributed by atoms with Gasteiger partial charge in [-0.2, -0.15) is 0 Å². The molecule has 2 N–H and O–H groups in total. The van der Waals surface area contributed by atoms with Crippen molar-refractivity contribution in [1.82, 2.24) is 4.98 Å². The van der Waals surface area contributed by atoms with E-state index in [1.807, 2.05) is 36.4 Å². The fraction of sp³-hybridized carbons (Fsp3) is 0.238. The number of carbonyl (C=O) groups is 1. The van der Waals surface area contributed by atoms with E-state index >= 15 is 0 Å². The van der Waals surface area contributed by atoms with Crippen molar-refractivity contribution in [2.45, 2.75) is 13.3 Å². The lowest BCUT2D eigenvalue weighted by atomic mass is 10.1. The Labute approximate surface area is 153 Å². The number of hydrogen-bond acceptors (Lipinski definition) is 4. The van der Waals surface area contributed by atoms with Crippen LogP contribution in [0.1, 0.15) is 23.7 Å². The van der Waals surface area contributed by atoms with Crippen LogP contribution >= 0.6 is 0 Å². The summed E-state index contributed by atoms with van der Waals surface area (Å²) in [5.74, 6) is -0.336. The molecular formula is C21H23N3O2. The van der Waals surface area contributed by atoms with Gasteiger partial charge in [-0.3, -0.25) is 0 Å². The molecule has 1 heterocycles. The summed E-state index contributed by atoms with van der Waals surface area (Å²) in [6.07, 6.45) is 0.930. The first-order valence-corrected chi connectivity index (χ1v) is 8.86. The third-order valence-corrected chi connectivity index (χ3v) is 4.36. The second-order valence-corrected chi connectivity index (χ2v) is 6.07. The monoisotopic (exact) mass is 349 g/mol. The molecule has 5 nitrogen and oxygen atoms in total. The normalized spacial score (nSPS) is 10.7. The summed E-state index contributed by atoms with van der Waals surface area (Å²) in [6, 6.07) is 19.3. The van der Waals surface area contributed by atoms with Crippen LogP contribution in [0.2, 0.25) is 0 Å². The maximum absolute atomic E-state index is 11.5. The van der Waals surface area contributed by atoms with Crippen molar-refractivity contribution in [3.63, 3.8) is 0 Å². The first-order chi connectivity index (χ1) is 12.7. The standard InChI is InChI=1S/C21H23N3O2/c1-2-24(16-9-4-3-5-10-16)14-8-13-22-20-15-18(21(25)26)17-11-6-7-12-19(17)23-20/h3-7,9-12,15H,2,8,13-14H2,1H3,(H,22,23)(H,25,26). The van der Waals surface area contributed by atoms with Crippen molar-refractivity contribution in [3.05, 3.63) is 66.2 Å². The molecule has 5 heteroatoms. The first kappa shape index (κ1) is 17.7. The van der Waals surface area contributed by atoms with Crippen molar-refractivity contribution in [2.24, 2.45) is 0 Å². The molecule has 26 heavy (non-hydrogen) atoms. The number of carboxylic acid groups (broad SMARTS) is 1. The molecule has 3 aromatic rings. The topological polar surface area (TPSA) is 65.5 Å². The summed E-state index contributed by atoms with van der Waals surface area (Å²) >= 11 is 0. The molecular weight excluding hydrogens is 326 g/mol. The number of aromatic carboxylic acids is 1. The van der Waals surface area contributed by atoms with E-state index in [1.165, 1.54) is 5.69 Å². The molecule has 0 amide bonds. The fourth-order valence-corrected chi connectivity index (χ4v) is 3.04. The highest BCUT2D eigenvalue weighted by molar-refractivity contribution is 6.03. The number of hydrogen-bond donors (Lipinski definition) is 2. The molecule has 0 aliphatic rings. The van der Waals surface area contributed by atoms with Gasteiger partial charge in [0, 0.05) is 30.7 Å². The van der Waals surface area contributed by atoms with Gasteiger partial charge >= 0.3 is 5.97 Å². The van der Waals surface area contributed by atoms with Crippen LogP contribution in [0.15, 0.2) is 60.7 Å². The third kappa shape index (κ3) is 4.11. The van der Waals surface area contributed by atoms with Crippen LogP contribution in [0.3, 0.4) is 0 Å². The quantitative estimate of drug-likeness (QED) is 0.595. The Bertz CT molecular complexity index is 881.